The highest BCUT2D eigenvalue weighted by Crippen LogP contribution is 2.14. The molecular weight excluding hydrogens is 116 g/mol. The van der Waals surface area contributed by atoms with Gasteiger partial charge in [0.15, 0.2) is 0 Å². The maximum absolute atomic E-state index is 5.49. The van der Waals surface area contributed by atoms with Crippen molar-refractivity contribution in [2.75, 3.05) is 5.75 Å². The minimum atomic E-state index is -0.0934. The van der Waals surface area contributed by atoms with Crippen LogP contribution < -0.4 is 0 Å². The van der Waals surface area contributed by atoms with Crippen molar-refractivity contribution in [3.8, 4) is 0 Å². The Morgan fingerprint density at radius 3 is 2.33 bits per heavy atom. The Balaban J connectivity index is 2.83. The van der Waals surface area contributed by atoms with Crippen LogP contribution in [0, 0.1) is 0 Å². The number of halogens is 1. The van der Waals surface area contributed by atoms with Gasteiger partial charge < -0.3 is 0 Å². The van der Waals surface area contributed by atoms with Gasteiger partial charge in [-0.05, 0) is 6.42 Å². The molecule has 0 radical (unpaired) electrons. The van der Waals surface area contributed by atoms with Crippen molar-refractivity contribution < 1.29 is 0 Å². The molecule has 6 heavy (non-hydrogen) atoms. The van der Waals surface area contributed by atoms with Crippen LogP contribution in [0.4, 0.5) is 0 Å². The van der Waals surface area contributed by atoms with E-state index in [2.05, 4.69) is 12.8 Å². The summed E-state index contributed by atoms with van der Waals surface area (Å²) in [5.41, 5.74) is 0. The van der Waals surface area contributed by atoms with E-state index in [-0.39, 0.29) is 9.70 Å². The first-order valence-corrected chi connectivity index (χ1v) is 4.33. The maximum atomic E-state index is 5.49. The Morgan fingerprint density at radius 1 is 1.83 bits per heavy atom. The predicted octanol–water partition coefficient (Wildman–Crippen LogP) is 2.25. The zero-order chi connectivity index (χ0) is 4.99. The van der Waals surface area contributed by atoms with E-state index >= 15 is 0 Å². The van der Waals surface area contributed by atoms with Gasteiger partial charge in [0.05, 0.1) is 0 Å². The molecule has 0 bridgehead atoms. The summed E-state index contributed by atoms with van der Waals surface area (Å²) in [6.45, 7) is 2.10. The molecule has 0 nitrogen and oxygen atoms in total. The second-order valence-electron chi connectivity index (χ2n) is 1.13. The summed E-state index contributed by atoms with van der Waals surface area (Å²) in [5, 5.41) is 0. The molecule has 0 saturated heterocycles. The van der Waals surface area contributed by atoms with E-state index in [0.717, 1.165) is 12.2 Å². The lowest BCUT2D eigenvalue weighted by molar-refractivity contribution is 1.11. The number of hydrogen-bond donors (Lipinski definition) is 0. The van der Waals surface area contributed by atoms with Gasteiger partial charge in [0.25, 0.3) is 0 Å². The second kappa shape index (κ2) is 3.69. The molecule has 0 rings (SSSR count). The zero-order valence-electron chi connectivity index (χ0n) is 3.91. The molecule has 0 fully saturated rings. The largest absolute Gasteiger partial charge is 0.102 e. The van der Waals surface area contributed by atoms with Gasteiger partial charge in [0.1, 0.15) is 0 Å². The molecule has 0 aliphatic heterocycles. The van der Waals surface area contributed by atoms with Crippen molar-refractivity contribution in [1.82, 2.24) is 0 Å². The van der Waals surface area contributed by atoms with Gasteiger partial charge in [0, 0.05) is 5.75 Å². The molecule has 2 heteroatoms. The van der Waals surface area contributed by atoms with Crippen LogP contribution in [-0.2, 0) is 0 Å². The summed E-state index contributed by atoms with van der Waals surface area (Å²) in [4.78, 5) is 0. The van der Waals surface area contributed by atoms with Gasteiger partial charge in [-0.15, -0.1) is 9.70 Å². The lowest BCUT2D eigenvalue weighted by Crippen LogP contribution is -1.66. The van der Waals surface area contributed by atoms with E-state index in [1.165, 1.54) is 0 Å². The maximum Gasteiger partial charge on any atom is 0.00148 e. The van der Waals surface area contributed by atoms with Crippen LogP contribution in [0.15, 0.2) is 0 Å². The molecule has 0 aromatic heterocycles. The molecule has 0 aromatic carbocycles. The predicted molar refractivity (Wildman–Crippen MR) is 35.7 cm³/mol. The van der Waals surface area contributed by atoms with E-state index in [9.17, 15) is 0 Å². The first kappa shape index (κ1) is 6.51. The lowest BCUT2D eigenvalue weighted by Gasteiger charge is -1.86. The number of rotatable bonds is 2. The topological polar surface area (TPSA) is 0 Å². The van der Waals surface area contributed by atoms with Crippen LogP contribution >= 0.6 is 20.4 Å². The standard InChI is InChI=1S/C4H9ClS/c1-3-4-6(2)5/h2-4H2,1H3. The summed E-state index contributed by atoms with van der Waals surface area (Å²) in [6, 6.07) is 0. The average Bonchev–Trinajstić information content (AvgIpc) is 1.35. The average molecular weight is 125 g/mol. The van der Waals surface area contributed by atoms with Crippen LogP contribution in [0.1, 0.15) is 13.3 Å². The van der Waals surface area contributed by atoms with Crippen molar-refractivity contribution >= 4 is 26.3 Å². The highest BCUT2D eigenvalue weighted by atomic mass is 35.7. The quantitative estimate of drug-likeness (QED) is 0.496. The Bertz CT molecular complexity index is 51.5. The van der Waals surface area contributed by atoms with E-state index < -0.39 is 0 Å². The van der Waals surface area contributed by atoms with Crippen molar-refractivity contribution in [1.29, 1.82) is 0 Å². The Hall–Kier alpha value is 0.510. The highest BCUT2D eigenvalue weighted by molar-refractivity contribution is 8.33. The summed E-state index contributed by atoms with van der Waals surface area (Å²) < 4.78 is 0. The van der Waals surface area contributed by atoms with Gasteiger partial charge >= 0.3 is 0 Å². The fraction of sp³-hybridized carbons (Fsp3) is 0.750. The smallest absolute Gasteiger partial charge is 0.00148 e. The van der Waals surface area contributed by atoms with Crippen molar-refractivity contribution in [2.45, 2.75) is 13.3 Å². The molecular formula is C4H9ClS. The molecule has 0 spiro atoms. The van der Waals surface area contributed by atoms with Crippen molar-refractivity contribution in [3.05, 3.63) is 0 Å². The fourth-order valence-corrected chi connectivity index (χ4v) is 1.13. The first-order chi connectivity index (χ1) is 2.77. The van der Waals surface area contributed by atoms with Crippen LogP contribution in [0.2, 0.25) is 0 Å². The Labute approximate surface area is 45.9 Å². The summed E-state index contributed by atoms with van der Waals surface area (Å²) in [6.07, 6.45) is 1.15. The summed E-state index contributed by atoms with van der Waals surface area (Å²) >= 11 is 0. The Morgan fingerprint density at radius 2 is 2.33 bits per heavy atom. The van der Waals surface area contributed by atoms with E-state index in [0.29, 0.717) is 0 Å². The monoisotopic (exact) mass is 124 g/mol. The molecule has 1 unspecified atom stereocenters. The third-order valence-corrected chi connectivity index (χ3v) is 1.74. The van der Waals surface area contributed by atoms with Gasteiger partial charge in [-0.2, -0.15) is 0 Å². The minimum Gasteiger partial charge on any atom is -0.102 e. The van der Waals surface area contributed by atoms with Gasteiger partial charge in [-0.25, -0.2) is 0 Å². The first-order valence-electron chi connectivity index (χ1n) is 1.94. The summed E-state index contributed by atoms with van der Waals surface area (Å²) in [5.74, 6) is 4.68. The highest BCUT2D eigenvalue weighted by Gasteiger charge is 1.76. The molecule has 0 heterocycles. The van der Waals surface area contributed by atoms with E-state index in [1.54, 1.807) is 0 Å². The molecule has 38 valence electrons. The van der Waals surface area contributed by atoms with E-state index in [1.807, 2.05) is 0 Å². The molecule has 1 atom stereocenters. The van der Waals surface area contributed by atoms with Gasteiger partial charge in [-0.3, -0.25) is 0 Å². The summed E-state index contributed by atoms with van der Waals surface area (Å²) in [7, 11) is 5.40. The van der Waals surface area contributed by atoms with Gasteiger partial charge in [-0.1, -0.05) is 23.5 Å². The minimum absolute atomic E-state index is 0.0934. The number of hydrogen-bond acceptors (Lipinski definition) is 0. The van der Waals surface area contributed by atoms with Crippen LogP contribution in [0.25, 0.3) is 0 Å². The zero-order valence-corrected chi connectivity index (χ0v) is 5.48. The van der Waals surface area contributed by atoms with Crippen molar-refractivity contribution in [3.63, 3.8) is 0 Å². The van der Waals surface area contributed by atoms with Gasteiger partial charge in [0.2, 0.25) is 0 Å². The third-order valence-electron chi connectivity index (χ3n) is 0.426. The second-order valence-corrected chi connectivity index (χ2v) is 3.69. The molecule has 0 amide bonds. The van der Waals surface area contributed by atoms with E-state index in [4.69, 9.17) is 10.7 Å². The Kier molecular flexibility index (Phi) is 4.01. The fourth-order valence-electron chi connectivity index (χ4n) is 0.221. The SMILES string of the molecule is C=S(Cl)CCC. The van der Waals surface area contributed by atoms with Crippen molar-refractivity contribution in [2.24, 2.45) is 0 Å². The molecule has 0 aliphatic carbocycles. The lowest BCUT2D eigenvalue weighted by atomic mass is 10.6. The molecule has 0 aromatic rings. The van der Waals surface area contributed by atoms with Crippen LogP contribution in [-0.4, -0.2) is 11.6 Å². The van der Waals surface area contributed by atoms with Crippen LogP contribution in [0.5, 0.6) is 0 Å². The normalized spacial score (nSPS) is 14.3. The van der Waals surface area contributed by atoms with Crippen LogP contribution in [0.3, 0.4) is 0 Å². The molecule has 0 N–H and O–H groups in total. The molecule has 0 aliphatic rings. The third kappa shape index (κ3) is 4.51. The molecule has 0 saturated carbocycles.